The van der Waals surface area contributed by atoms with E-state index in [1.165, 1.54) is 0 Å². The maximum absolute atomic E-state index is 12.0. The Hall–Kier alpha value is -1.32. The number of ether oxygens (including phenoxy) is 2. The smallest absolute Gasteiger partial charge is 0.409 e. The van der Waals surface area contributed by atoms with E-state index in [-0.39, 0.29) is 17.9 Å². The third-order valence-corrected chi connectivity index (χ3v) is 5.54. The minimum absolute atomic E-state index is 0.0609. The zero-order valence-corrected chi connectivity index (χ0v) is 14.0. The van der Waals surface area contributed by atoms with Crippen LogP contribution in [0.5, 0.6) is 0 Å². The quantitative estimate of drug-likeness (QED) is 0.659. The Bertz CT molecular complexity index is 594. The molecule has 0 spiro atoms. The second-order valence-electron chi connectivity index (χ2n) is 5.80. The number of hydrogen-bond acceptors (Lipinski definition) is 7. The van der Waals surface area contributed by atoms with Gasteiger partial charge in [-0.2, -0.15) is 8.42 Å². The Morgan fingerprint density at radius 1 is 1.30 bits per heavy atom. The molecule has 0 radical (unpaired) electrons. The van der Waals surface area contributed by atoms with E-state index in [0.29, 0.717) is 58.2 Å². The van der Waals surface area contributed by atoms with Crippen molar-refractivity contribution in [2.75, 3.05) is 51.8 Å². The highest BCUT2D eigenvalue weighted by atomic mass is 32.2. The van der Waals surface area contributed by atoms with Crippen molar-refractivity contribution in [1.82, 2.24) is 9.80 Å². The van der Waals surface area contributed by atoms with Crippen molar-refractivity contribution in [2.24, 2.45) is 0 Å². The highest BCUT2D eigenvalue weighted by Crippen LogP contribution is 2.31. The second-order valence-corrected chi connectivity index (χ2v) is 7.41. The number of carbonyl (C=O) groups is 1. The van der Waals surface area contributed by atoms with Crippen LogP contribution in [0.25, 0.3) is 0 Å². The van der Waals surface area contributed by atoms with Gasteiger partial charge < -0.3 is 18.6 Å². The third kappa shape index (κ3) is 3.61. The van der Waals surface area contributed by atoms with Crippen LogP contribution in [0.2, 0.25) is 0 Å². The first-order chi connectivity index (χ1) is 11.0. The molecule has 0 aromatic rings. The van der Waals surface area contributed by atoms with Gasteiger partial charge >= 0.3 is 16.2 Å². The Balaban J connectivity index is 1.70. The molecular formula is C14H22N2O6S. The van der Waals surface area contributed by atoms with Gasteiger partial charge in [0.1, 0.15) is 11.5 Å². The van der Waals surface area contributed by atoms with Crippen LogP contribution in [-0.4, -0.2) is 82.1 Å². The van der Waals surface area contributed by atoms with Crippen molar-refractivity contribution in [2.45, 2.75) is 19.4 Å². The first-order valence-electron chi connectivity index (χ1n) is 7.87. The normalized spacial score (nSPS) is 28.0. The van der Waals surface area contributed by atoms with Crippen molar-refractivity contribution in [1.29, 1.82) is 0 Å². The molecule has 3 aliphatic heterocycles. The molecule has 1 unspecified atom stereocenters. The summed E-state index contributed by atoms with van der Waals surface area (Å²) < 4.78 is 39.6. The number of carbonyl (C=O) groups excluding carboxylic acids is 1. The molecule has 9 heteroatoms. The molecule has 3 rings (SSSR count). The molecule has 3 heterocycles. The molecule has 3 aliphatic rings. The second kappa shape index (κ2) is 6.66. The first-order valence-corrected chi connectivity index (χ1v) is 9.45. The van der Waals surface area contributed by atoms with Gasteiger partial charge in [-0.25, -0.2) is 4.79 Å². The molecule has 0 N–H and O–H groups in total. The van der Waals surface area contributed by atoms with Gasteiger partial charge in [0.25, 0.3) is 0 Å². The minimum Gasteiger partial charge on any atom is -0.450 e. The van der Waals surface area contributed by atoms with Gasteiger partial charge in [0.15, 0.2) is 0 Å². The van der Waals surface area contributed by atoms with Crippen LogP contribution in [0, 0.1) is 0 Å². The predicted octanol–water partition coefficient (Wildman–Crippen LogP) is 0.164. The Morgan fingerprint density at radius 2 is 2.04 bits per heavy atom. The largest absolute Gasteiger partial charge is 0.450 e. The van der Waals surface area contributed by atoms with E-state index in [0.717, 1.165) is 5.57 Å². The fourth-order valence-electron chi connectivity index (χ4n) is 3.20. The maximum Gasteiger partial charge on any atom is 0.409 e. The topological polar surface area (TPSA) is 85.4 Å². The Morgan fingerprint density at radius 3 is 2.74 bits per heavy atom. The molecule has 130 valence electrons. The molecule has 1 fully saturated rings. The lowest BCUT2D eigenvalue weighted by molar-refractivity contribution is 0.0624. The molecule has 1 saturated heterocycles. The summed E-state index contributed by atoms with van der Waals surface area (Å²) >= 11 is 0. The van der Waals surface area contributed by atoms with E-state index < -0.39 is 10.1 Å². The number of rotatable bonds is 2. The van der Waals surface area contributed by atoms with Crippen molar-refractivity contribution < 1.29 is 26.9 Å². The van der Waals surface area contributed by atoms with E-state index >= 15 is 0 Å². The van der Waals surface area contributed by atoms with Crippen LogP contribution in [0.1, 0.15) is 13.3 Å². The fraction of sp³-hybridized carbons (Fsp3) is 0.786. The van der Waals surface area contributed by atoms with Gasteiger partial charge in [0.2, 0.25) is 0 Å². The van der Waals surface area contributed by atoms with E-state index in [9.17, 15) is 13.2 Å². The van der Waals surface area contributed by atoms with Gasteiger partial charge in [-0.05, 0) is 6.92 Å². The molecule has 0 bridgehead atoms. The maximum atomic E-state index is 12.0. The Labute approximate surface area is 136 Å². The summed E-state index contributed by atoms with van der Waals surface area (Å²) in [6.07, 6.45) is 0.182. The van der Waals surface area contributed by atoms with Crippen LogP contribution in [0.15, 0.2) is 11.3 Å². The van der Waals surface area contributed by atoms with Crippen molar-refractivity contribution >= 4 is 16.2 Å². The molecule has 1 atom stereocenters. The average molecular weight is 346 g/mol. The van der Waals surface area contributed by atoms with Crippen molar-refractivity contribution in [3.8, 4) is 0 Å². The number of amides is 1. The van der Waals surface area contributed by atoms with Gasteiger partial charge in [-0.3, -0.25) is 4.90 Å². The van der Waals surface area contributed by atoms with Gasteiger partial charge in [-0.1, -0.05) is 0 Å². The van der Waals surface area contributed by atoms with E-state index in [1.807, 2.05) is 0 Å². The molecule has 0 aliphatic carbocycles. The summed E-state index contributed by atoms with van der Waals surface area (Å²) in [6.45, 7) is 5.29. The summed E-state index contributed by atoms with van der Waals surface area (Å²) in [7, 11) is -3.55. The van der Waals surface area contributed by atoms with E-state index in [4.69, 9.17) is 13.7 Å². The summed E-state index contributed by atoms with van der Waals surface area (Å²) in [4.78, 5) is 15.5. The van der Waals surface area contributed by atoms with Gasteiger partial charge in [0.05, 0.1) is 25.9 Å². The number of hydrogen-bond donors (Lipinski definition) is 0. The highest BCUT2D eigenvalue weighted by molar-refractivity contribution is 7.86. The first kappa shape index (κ1) is 16.5. The summed E-state index contributed by atoms with van der Waals surface area (Å²) in [5, 5.41) is 0. The van der Waals surface area contributed by atoms with Crippen LogP contribution < -0.4 is 0 Å². The monoisotopic (exact) mass is 346 g/mol. The highest BCUT2D eigenvalue weighted by Gasteiger charge is 2.39. The average Bonchev–Trinajstić information content (AvgIpc) is 2.53. The number of nitrogens with zero attached hydrogens (tertiary/aromatic N) is 2. The lowest BCUT2D eigenvalue weighted by Gasteiger charge is -2.42. The molecule has 23 heavy (non-hydrogen) atoms. The van der Waals surface area contributed by atoms with Crippen molar-refractivity contribution in [3.63, 3.8) is 0 Å². The SMILES string of the molecule is CCOC(=O)N1CCN(C2CS(=O)(=O)OC3=C2COCC3)CC1. The summed E-state index contributed by atoms with van der Waals surface area (Å²) in [6, 6.07) is -0.228. The number of piperazine rings is 1. The third-order valence-electron chi connectivity index (χ3n) is 4.36. The van der Waals surface area contributed by atoms with E-state index in [2.05, 4.69) is 4.90 Å². The molecule has 1 amide bonds. The van der Waals surface area contributed by atoms with Gasteiger partial charge in [0, 0.05) is 38.2 Å². The predicted molar refractivity (Wildman–Crippen MR) is 81.3 cm³/mol. The molecule has 0 aromatic heterocycles. The zero-order valence-electron chi connectivity index (χ0n) is 13.2. The van der Waals surface area contributed by atoms with Gasteiger partial charge in [-0.15, -0.1) is 0 Å². The molecule has 8 nitrogen and oxygen atoms in total. The minimum atomic E-state index is -3.55. The van der Waals surface area contributed by atoms with Crippen LogP contribution >= 0.6 is 0 Å². The van der Waals surface area contributed by atoms with Crippen LogP contribution in [0.3, 0.4) is 0 Å². The summed E-state index contributed by atoms with van der Waals surface area (Å²) in [5.41, 5.74) is 0.927. The summed E-state index contributed by atoms with van der Waals surface area (Å²) in [5.74, 6) is 0.481. The van der Waals surface area contributed by atoms with Crippen molar-refractivity contribution in [3.05, 3.63) is 11.3 Å². The molecular weight excluding hydrogens is 324 g/mol. The lowest BCUT2D eigenvalue weighted by atomic mass is 10.0. The molecule has 0 aromatic carbocycles. The zero-order chi connectivity index (χ0) is 16.4. The Kier molecular flexibility index (Phi) is 4.79. The lowest BCUT2D eigenvalue weighted by Crippen LogP contribution is -2.55. The standard InChI is InChI=1S/C14H22N2O6S/c1-2-21-14(17)16-6-4-15(5-7-16)12-10-23(18,19)22-13-3-8-20-9-11(12)13/h12H,2-10H2,1H3. The molecule has 0 saturated carbocycles. The van der Waals surface area contributed by atoms with Crippen LogP contribution in [0.4, 0.5) is 4.79 Å². The fourth-order valence-corrected chi connectivity index (χ4v) is 4.57. The van der Waals surface area contributed by atoms with E-state index in [1.54, 1.807) is 11.8 Å². The van der Waals surface area contributed by atoms with Crippen LogP contribution in [-0.2, 0) is 23.8 Å².